The molecule has 0 aromatic heterocycles. The van der Waals surface area contributed by atoms with E-state index in [4.69, 9.17) is 4.74 Å². The molecule has 170 valence electrons. The smallest absolute Gasteiger partial charge is 0.251 e. The number of hydrogen-bond donors (Lipinski definition) is 1. The van der Waals surface area contributed by atoms with Crippen LogP contribution in [0.1, 0.15) is 62.7 Å². The van der Waals surface area contributed by atoms with Crippen molar-refractivity contribution in [2.45, 2.75) is 69.5 Å². The maximum absolute atomic E-state index is 13.2. The summed E-state index contributed by atoms with van der Waals surface area (Å²) < 4.78 is 33.5. The normalized spacial score (nSPS) is 37.7. The Hall–Kier alpha value is -1.44. The number of sulfonamides is 1. The fraction of sp³-hybridized carbons (Fsp3) is 0.708. The highest BCUT2D eigenvalue weighted by Crippen LogP contribution is 2.59. The summed E-state index contributed by atoms with van der Waals surface area (Å²) in [5.41, 5.74) is 0.675. The van der Waals surface area contributed by atoms with E-state index in [2.05, 4.69) is 5.32 Å². The Morgan fingerprint density at radius 2 is 1.65 bits per heavy atom. The number of rotatable bonds is 5. The van der Waals surface area contributed by atoms with Gasteiger partial charge in [-0.2, -0.15) is 4.31 Å². The van der Waals surface area contributed by atoms with Crippen molar-refractivity contribution in [3.05, 3.63) is 29.8 Å². The standard InChI is InChI=1S/C24H34N2O4S/c1-16-13-26(14-17(2)30-16)31(28,29)22-5-3-4-21(9-22)23(27)25-15-24-10-18-6-19(11-24)8-20(7-18)12-24/h3-5,9,16-20H,6-8,10-15H2,1-2H3,(H,25,27)/t16-,17-,18?,19?,20?,24?/m1/s1. The molecule has 4 aliphatic carbocycles. The van der Waals surface area contributed by atoms with Crippen LogP contribution in [-0.4, -0.2) is 50.5 Å². The molecule has 7 heteroatoms. The van der Waals surface area contributed by atoms with Gasteiger partial charge >= 0.3 is 0 Å². The molecule has 0 radical (unpaired) electrons. The van der Waals surface area contributed by atoms with Crippen LogP contribution >= 0.6 is 0 Å². The Labute approximate surface area is 185 Å². The highest BCUT2D eigenvalue weighted by atomic mass is 32.2. The molecule has 6 nitrogen and oxygen atoms in total. The van der Waals surface area contributed by atoms with Crippen LogP contribution in [0.15, 0.2) is 29.2 Å². The predicted octanol–water partition coefficient (Wildman–Crippen LogP) is 3.43. The van der Waals surface area contributed by atoms with Crippen LogP contribution in [-0.2, 0) is 14.8 Å². The first-order valence-corrected chi connectivity index (χ1v) is 13.2. The van der Waals surface area contributed by atoms with Crippen molar-refractivity contribution in [2.24, 2.45) is 23.2 Å². The molecule has 1 N–H and O–H groups in total. The average molecular weight is 447 g/mol. The van der Waals surface area contributed by atoms with Crippen molar-refractivity contribution < 1.29 is 17.9 Å². The minimum atomic E-state index is -3.66. The van der Waals surface area contributed by atoms with Crippen LogP contribution in [0, 0.1) is 23.2 Å². The van der Waals surface area contributed by atoms with Gasteiger partial charge in [0.25, 0.3) is 5.91 Å². The Morgan fingerprint density at radius 3 is 2.23 bits per heavy atom. The largest absolute Gasteiger partial charge is 0.373 e. The summed E-state index contributed by atoms with van der Waals surface area (Å²) >= 11 is 0. The predicted molar refractivity (Wildman–Crippen MR) is 118 cm³/mol. The van der Waals surface area contributed by atoms with Gasteiger partial charge in [0.1, 0.15) is 0 Å². The molecule has 1 saturated heterocycles. The van der Waals surface area contributed by atoms with Gasteiger partial charge in [-0.05, 0) is 93.7 Å². The van der Waals surface area contributed by atoms with Gasteiger partial charge in [0, 0.05) is 25.2 Å². The minimum Gasteiger partial charge on any atom is -0.373 e. The van der Waals surface area contributed by atoms with Crippen LogP contribution in [0.2, 0.25) is 0 Å². The maximum atomic E-state index is 13.2. The molecule has 4 saturated carbocycles. The Kier molecular flexibility index (Phi) is 5.42. The number of nitrogens with one attached hydrogen (secondary N) is 1. The molecule has 0 spiro atoms. The van der Waals surface area contributed by atoms with Gasteiger partial charge in [-0.15, -0.1) is 0 Å². The van der Waals surface area contributed by atoms with Crippen LogP contribution in [0.4, 0.5) is 0 Å². The van der Waals surface area contributed by atoms with E-state index in [1.807, 2.05) is 13.8 Å². The summed E-state index contributed by atoms with van der Waals surface area (Å²) in [7, 11) is -3.66. The fourth-order valence-electron chi connectivity index (χ4n) is 7.15. The minimum absolute atomic E-state index is 0.148. The molecule has 1 heterocycles. The van der Waals surface area contributed by atoms with E-state index in [9.17, 15) is 13.2 Å². The van der Waals surface area contributed by atoms with Crippen LogP contribution in [0.5, 0.6) is 0 Å². The molecule has 5 aliphatic rings. The third-order valence-electron chi connectivity index (χ3n) is 7.91. The van der Waals surface area contributed by atoms with E-state index >= 15 is 0 Å². The quantitative estimate of drug-likeness (QED) is 0.752. The molecule has 4 bridgehead atoms. The second kappa shape index (κ2) is 7.85. The second-order valence-corrected chi connectivity index (χ2v) is 12.6. The first-order valence-electron chi connectivity index (χ1n) is 11.8. The molecule has 2 atom stereocenters. The summed E-state index contributed by atoms with van der Waals surface area (Å²) in [4.78, 5) is 13.1. The van der Waals surface area contributed by atoms with Gasteiger partial charge in [-0.1, -0.05) is 6.07 Å². The van der Waals surface area contributed by atoms with E-state index in [0.717, 1.165) is 17.8 Å². The maximum Gasteiger partial charge on any atom is 0.251 e. The second-order valence-electron chi connectivity index (χ2n) is 10.7. The van der Waals surface area contributed by atoms with E-state index < -0.39 is 10.0 Å². The van der Waals surface area contributed by atoms with Gasteiger partial charge < -0.3 is 10.1 Å². The van der Waals surface area contributed by atoms with Crippen LogP contribution in [0.25, 0.3) is 0 Å². The molecule has 6 rings (SSSR count). The highest BCUT2D eigenvalue weighted by molar-refractivity contribution is 7.89. The molecular formula is C24H34N2O4S. The van der Waals surface area contributed by atoms with Crippen molar-refractivity contribution >= 4 is 15.9 Å². The van der Waals surface area contributed by atoms with Crippen molar-refractivity contribution in [1.29, 1.82) is 0 Å². The van der Waals surface area contributed by atoms with Gasteiger partial charge in [0.2, 0.25) is 10.0 Å². The number of benzene rings is 1. The van der Waals surface area contributed by atoms with E-state index in [-0.39, 0.29) is 28.4 Å². The lowest BCUT2D eigenvalue weighted by molar-refractivity contribution is -0.0503. The number of morpholine rings is 1. The SMILES string of the molecule is C[C@@H]1CN(S(=O)(=O)c2cccc(C(=O)NCC34CC5CC(CC(C5)C3)C4)c2)C[C@@H](C)O1. The number of amides is 1. The lowest BCUT2D eigenvalue weighted by atomic mass is 9.49. The van der Waals surface area contributed by atoms with Gasteiger partial charge in [-0.3, -0.25) is 4.79 Å². The molecule has 1 aromatic carbocycles. The number of hydrogen-bond acceptors (Lipinski definition) is 4. The first-order chi connectivity index (χ1) is 14.7. The summed E-state index contributed by atoms with van der Waals surface area (Å²) in [6, 6.07) is 6.48. The van der Waals surface area contributed by atoms with Crippen molar-refractivity contribution in [3.8, 4) is 0 Å². The summed E-state index contributed by atoms with van der Waals surface area (Å²) in [6.07, 6.45) is 7.56. The summed E-state index contributed by atoms with van der Waals surface area (Å²) in [5, 5.41) is 3.16. The lowest BCUT2D eigenvalue weighted by Gasteiger charge is -2.56. The molecule has 1 aromatic rings. The Morgan fingerprint density at radius 1 is 1.06 bits per heavy atom. The Bertz CT molecular complexity index is 915. The Balaban J connectivity index is 1.28. The summed E-state index contributed by atoms with van der Waals surface area (Å²) in [6.45, 7) is 5.13. The zero-order valence-corrected chi connectivity index (χ0v) is 19.4. The molecule has 5 fully saturated rings. The molecule has 31 heavy (non-hydrogen) atoms. The van der Waals surface area contributed by atoms with E-state index in [1.54, 1.807) is 18.2 Å². The number of nitrogens with zero attached hydrogens (tertiary/aromatic N) is 1. The van der Waals surface area contributed by atoms with E-state index in [0.29, 0.717) is 25.2 Å². The number of carbonyl (C=O) groups is 1. The number of carbonyl (C=O) groups excluding carboxylic acids is 1. The van der Waals surface area contributed by atoms with Crippen LogP contribution < -0.4 is 5.32 Å². The zero-order chi connectivity index (χ0) is 21.8. The van der Waals surface area contributed by atoms with Gasteiger partial charge in [0.15, 0.2) is 0 Å². The first kappa shape index (κ1) is 21.4. The van der Waals surface area contributed by atoms with Crippen LogP contribution in [0.3, 0.4) is 0 Å². The fourth-order valence-corrected chi connectivity index (χ4v) is 8.79. The van der Waals surface area contributed by atoms with Crippen molar-refractivity contribution in [1.82, 2.24) is 9.62 Å². The van der Waals surface area contributed by atoms with E-state index in [1.165, 1.54) is 48.9 Å². The third kappa shape index (κ3) is 4.16. The van der Waals surface area contributed by atoms with Crippen molar-refractivity contribution in [3.63, 3.8) is 0 Å². The van der Waals surface area contributed by atoms with Gasteiger partial charge in [-0.25, -0.2) is 8.42 Å². The third-order valence-corrected chi connectivity index (χ3v) is 9.74. The zero-order valence-electron chi connectivity index (χ0n) is 18.5. The molecule has 0 unspecified atom stereocenters. The molecule has 1 aliphatic heterocycles. The lowest BCUT2D eigenvalue weighted by Crippen LogP contribution is -2.51. The average Bonchev–Trinajstić information content (AvgIpc) is 2.70. The van der Waals surface area contributed by atoms with Gasteiger partial charge in [0.05, 0.1) is 17.1 Å². The molecule has 1 amide bonds. The number of ether oxygens (including phenoxy) is 1. The summed E-state index contributed by atoms with van der Waals surface area (Å²) in [5.74, 6) is 2.36. The monoisotopic (exact) mass is 446 g/mol. The highest BCUT2D eigenvalue weighted by Gasteiger charge is 2.50. The van der Waals surface area contributed by atoms with Crippen molar-refractivity contribution in [2.75, 3.05) is 19.6 Å². The topological polar surface area (TPSA) is 75.7 Å². The molecular weight excluding hydrogens is 412 g/mol.